The van der Waals surface area contributed by atoms with Gasteiger partial charge >= 0.3 is 0 Å². The summed E-state index contributed by atoms with van der Waals surface area (Å²) in [7, 11) is 0. The van der Waals surface area contributed by atoms with Crippen molar-refractivity contribution in [2.24, 2.45) is 5.92 Å². The molecule has 1 aliphatic heterocycles. The predicted molar refractivity (Wildman–Crippen MR) is 103 cm³/mol. The molecule has 0 atom stereocenters. The van der Waals surface area contributed by atoms with Crippen LogP contribution < -0.4 is 10.1 Å². The van der Waals surface area contributed by atoms with Crippen molar-refractivity contribution in [3.05, 3.63) is 64.7 Å². The van der Waals surface area contributed by atoms with Crippen LogP contribution in [0.2, 0.25) is 0 Å². The van der Waals surface area contributed by atoms with E-state index in [4.69, 9.17) is 4.74 Å². The summed E-state index contributed by atoms with van der Waals surface area (Å²) in [6.07, 6.45) is 1.63. The number of piperidine rings is 1. The summed E-state index contributed by atoms with van der Waals surface area (Å²) in [5, 5.41) is 13.8. The number of hydrogen-bond donors (Lipinski definition) is 1. The Morgan fingerprint density at radius 1 is 1.15 bits per heavy atom. The molecule has 0 aromatic heterocycles. The van der Waals surface area contributed by atoms with Crippen LogP contribution in [0.25, 0.3) is 0 Å². The van der Waals surface area contributed by atoms with Crippen LogP contribution in [0.5, 0.6) is 5.75 Å². The van der Waals surface area contributed by atoms with E-state index in [1.165, 1.54) is 12.1 Å². The van der Waals surface area contributed by atoms with Crippen molar-refractivity contribution in [2.75, 3.05) is 31.6 Å². The number of para-hydroxylation sites is 1. The van der Waals surface area contributed by atoms with E-state index in [0.717, 1.165) is 38.2 Å². The van der Waals surface area contributed by atoms with Crippen molar-refractivity contribution in [3.63, 3.8) is 0 Å². The Labute approximate surface area is 158 Å². The van der Waals surface area contributed by atoms with Crippen LogP contribution in [0.1, 0.15) is 12.8 Å². The van der Waals surface area contributed by atoms with Gasteiger partial charge in [-0.2, -0.15) is 0 Å². The SMILES string of the molecule is O=C(Nc1ccccc1)C1CCN(CCOc2cccc([N+](=O)[O-])c2)CC1. The van der Waals surface area contributed by atoms with Crippen molar-refractivity contribution < 1.29 is 14.5 Å². The first kappa shape index (κ1) is 18.8. The molecule has 0 bridgehead atoms. The van der Waals surface area contributed by atoms with Gasteiger partial charge in [-0.25, -0.2) is 0 Å². The zero-order valence-electron chi connectivity index (χ0n) is 15.0. The quantitative estimate of drug-likeness (QED) is 0.598. The highest BCUT2D eigenvalue weighted by atomic mass is 16.6. The number of nitrogens with one attached hydrogen (secondary N) is 1. The minimum absolute atomic E-state index is 0.0257. The Hall–Kier alpha value is -2.93. The Morgan fingerprint density at radius 3 is 2.59 bits per heavy atom. The molecule has 3 rings (SSSR count). The van der Waals surface area contributed by atoms with E-state index in [1.54, 1.807) is 12.1 Å². The average Bonchev–Trinajstić information content (AvgIpc) is 2.69. The van der Waals surface area contributed by atoms with E-state index in [2.05, 4.69) is 10.2 Å². The minimum Gasteiger partial charge on any atom is -0.492 e. The normalized spacial score (nSPS) is 15.3. The summed E-state index contributed by atoms with van der Waals surface area (Å²) >= 11 is 0. The molecule has 0 unspecified atom stereocenters. The third kappa shape index (κ3) is 5.52. The van der Waals surface area contributed by atoms with E-state index in [1.807, 2.05) is 30.3 Å². The predicted octanol–water partition coefficient (Wildman–Crippen LogP) is 3.32. The third-order valence-corrected chi connectivity index (χ3v) is 4.70. The van der Waals surface area contributed by atoms with Gasteiger partial charge in [0.05, 0.1) is 11.0 Å². The number of hydrogen-bond acceptors (Lipinski definition) is 5. The summed E-state index contributed by atoms with van der Waals surface area (Å²) in [4.78, 5) is 25.0. The molecule has 1 aliphatic rings. The van der Waals surface area contributed by atoms with Crippen molar-refractivity contribution in [2.45, 2.75) is 12.8 Å². The first-order valence-corrected chi connectivity index (χ1v) is 9.07. The molecule has 0 spiro atoms. The van der Waals surface area contributed by atoms with E-state index in [0.29, 0.717) is 12.4 Å². The second kappa shape index (κ2) is 9.14. The van der Waals surface area contributed by atoms with Crippen LogP contribution in [0.4, 0.5) is 11.4 Å². The highest BCUT2D eigenvalue weighted by Crippen LogP contribution is 2.21. The second-order valence-corrected chi connectivity index (χ2v) is 6.57. The van der Waals surface area contributed by atoms with Crippen molar-refractivity contribution >= 4 is 17.3 Å². The summed E-state index contributed by atoms with van der Waals surface area (Å²) in [6, 6.07) is 15.7. The number of benzene rings is 2. The maximum absolute atomic E-state index is 12.4. The fourth-order valence-corrected chi connectivity index (χ4v) is 3.16. The number of rotatable bonds is 7. The van der Waals surface area contributed by atoms with Gasteiger partial charge in [-0.1, -0.05) is 24.3 Å². The molecule has 7 nitrogen and oxygen atoms in total. The van der Waals surface area contributed by atoms with E-state index in [9.17, 15) is 14.9 Å². The van der Waals surface area contributed by atoms with Crippen LogP contribution in [0.15, 0.2) is 54.6 Å². The number of nitro benzene ring substituents is 1. The van der Waals surface area contributed by atoms with Gasteiger partial charge in [0.25, 0.3) is 5.69 Å². The molecule has 0 aliphatic carbocycles. The molecule has 7 heteroatoms. The number of nitro groups is 1. The molecule has 1 N–H and O–H groups in total. The number of amides is 1. The first-order chi connectivity index (χ1) is 13.1. The minimum atomic E-state index is -0.432. The summed E-state index contributed by atoms with van der Waals surface area (Å²) < 4.78 is 5.63. The zero-order valence-corrected chi connectivity index (χ0v) is 15.0. The van der Waals surface area contributed by atoms with Gasteiger partial charge in [-0.3, -0.25) is 19.8 Å². The van der Waals surface area contributed by atoms with Crippen LogP contribution in [0, 0.1) is 16.0 Å². The number of carbonyl (C=O) groups is 1. The van der Waals surface area contributed by atoms with Gasteiger partial charge in [0.2, 0.25) is 5.91 Å². The largest absolute Gasteiger partial charge is 0.492 e. The molecule has 142 valence electrons. The fourth-order valence-electron chi connectivity index (χ4n) is 3.16. The molecular weight excluding hydrogens is 346 g/mol. The third-order valence-electron chi connectivity index (χ3n) is 4.70. The van der Waals surface area contributed by atoms with Gasteiger partial charge in [0, 0.05) is 24.2 Å². The van der Waals surface area contributed by atoms with Crippen LogP contribution in [-0.4, -0.2) is 42.0 Å². The maximum Gasteiger partial charge on any atom is 0.273 e. The molecule has 2 aromatic carbocycles. The molecule has 0 saturated carbocycles. The number of likely N-dealkylation sites (tertiary alicyclic amines) is 1. The number of non-ortho nitro benzene ring substituents is 1. The van der Waals surface area contributed by atoms with Gasteiger partial charge in [0.1, 0.15) is 12.4 Å². The molecule has 0 radical (unpaired) electrons. The Bertz CT molecular complexity index is 774. The van der Waals surface area contributed by atoms with Gasteiger partial charge in [-0.15, -0.1) is 0 Å². The van der Waals surface area contributed by atoms with Gasteiger partial charge < -0.3 is 10.1 Å². The maximum atomic E-state index is 12.4. The van der Waals surface area contributed by atoms with Crippen LogP contribution in [-0.2, 0) is 4.79 Å². The highest BCUT2D eigenvalue weighted by Gasteiger charge is 2.24. The molecule has 1 saturated heterocycles. The van der Waals surface area contributed by atoms with E-state index >= 15 is 0 Å². The molecule has 2 aromatic rings. The topological polar surface area (TPSA) is 84.7 Å². The standard InChI is InChI=1S/C20H23N3O4/c24-20(21-17-5-2-1-3-6-17)16-9-11-22(12-10-16)13-14-27-19-8-4-7-18(15-19)23(25)26/h1-8,15-16H,9-14H2,(H,21,24). The smallest absolute Gasteiger partial charge is 0.273 e. The van der Waals surface area contributed by atoms with E-state index in [-0.39, 0.29) is 17.5 Å². The van der Waals surface area contributed by atoms with Crippen molar-refractivity contribution in [1.82, 2.24) is 4.90 Å². The second-order valence-electron chi connectivity index (χ2n) is 6.57. The zero-order chi connectivity index (χ0) is 19.1. The lowest BCUT2D eigenvalue weighted by Crippen LogP contribution is -2.39. The number of ether oxygens (including phenoxy) is 1. The van der Waals surface area contributed by atoms with Crippen LogP contribution >= 0.6 is 0 Å². The van der Waals surface area contributed by atoms with Crippen molar-refractivity contribution in [1.29, 1.82) is 0 Å². The summed E-state index contributed by atoms with van der Waals surface area (Å²) in [6.45, 7) is 2.87. The van der Waals surface area contributed by atoms with Gasteiger partial charge in [0.15, 0.2) is 0 Å². The Kier molecular flexibility index (Phi) is 6.38. The van der Waals surface area contributed by atoms with E-state index < -0.39 is 4.92 Å². The molecule has 1 heterocycles. The lowest BCUT2D eigenvalue weighted by molar-refractivity contribution is -0.384. The van der Waals surface area contributed by atoms with Crippen LogP contribution in [0.3, 0.4) is 0 Å². The summed E-state index contributed by atoms with van der Waals surface area (Å²) in [5.41, 5.74) is 0.855. The fraction of sp³-hybridized carbons (Fsp3) is 0.350. The monoisotopic (exact) mass is 369 g/mol. The van der Waals surface area contributed by atoms with Crippen molar-refractivity contribution in [3.8, 4) is 5.75 Å². The molecular formula is C20H23N3O4. The van der Waals surface area contributed by atoms with Gasteiger partial charge in [-0.05, 0) is 44.1 Å². The lowest BCUT2D eigenvalue weighted by Gasteiger charge is -2.31. The Morgan fingerprint density at radius 2 is 1.89 bits per heavy atom. The lowest BCUT2D eigenvalue weighted by atomic mass is 9.96. The summed E-state index contributed by atoms with van der Waals surface area (Å²) in [5.74, 6) is 0.606. The molecule has 1 fully saturated rings. The molecule has 27 heavy (non-hydrogen) atoms. The number of nitrogens with zero attached hydrogens (tertiary/aromatic N) is 2. The average molecular weight is 369 g/mol. The number of carbonyl (C=O) groups excluding carboxylic acids is 1. The highest BCUT2D eigenvalue weighted by molar-refractivity contribution is 5.92. The number of anilines is 1. The molecule has 1 amide bonds. The Balaban J connectivity index is 1.39. The first-order valence-electron chi connectivity index (χ1n) is 9.07.